The zero-order chi connectivity index (χ0) is 47.1. The molecular formula is C58H101Br3Mg3O6. The number of aliphatic hydroxyl groups is 1. The van der Waals surface area contributed by atoms with Gasteiger partial charge in [0.05, 0.1) is 34.5 Å². The Kier molecular flexibility index (Phi) is 80.2. The molecule has 0 aromatic heterocycles. The van der Waals surface area contributed by atoms with Crippen molar-refractivity contribution < 1.29 is 79.8 Å². The molecule has 0 fully saturated rings. The molecule has 2 rings (SSSR count). The molecular weight excluding hydrogens is 1110 g/mol. The van der Waals surface area contributed by atoms with E-state index in [-0.39, 0.29) is 126 Å². The van der Waals surface area contributed by atoms with E-state index in [1.807, 2.05) is 24.3 Å². The number of benzene rings is 2. The summed E-state index contributed by atoms with van der Waals surface area (Å²) in [5, 5.41) is 10.2. The molecule has 12 heteroatoms. The first kappa shape index (κ1) is 84.9. The van der Waals surface area contributed by atoms with E-state index in [1.54, 1.807) is 40.6 Å². The number of carbonyl (C=O) groups is 1. The molecule has 2 aromatic carbocycles. The minimum absolute atomic E-state index is 0. The Morgan fingerprint density at radius 3 is 1.07 bits per heavy atom. The van der Waals surface area contributed by atoms with Crippen molar-refractivity contribution in [3.8, 4) is 23.0 Å². The quantitative estimate of drug-likeness (QED) is 0.0338. The molecule has 1 atom stereocenters. The van der Waals surface area contributed by atoms with E-state index < -0.39 is 0 Å². The Morgan fingerprint density at radius 2 is 0.743 bits per heavy atom. The zero-order valence-electron chi connectivity index (χ0n) is 45.8. The maximum absolute atomic E-state index is 10.3. The van der Waals surface area contributed by atoms with Crippen LogP contribution in [0.3, 0.4) is 0 Å². The van der Waals surface area contributed by atoms with E-state index in [0.717, 1.165) is 66.9 Å². The van der Waals surface area contributed by atoms with Gasteiger partial charge in [-0.2, -0.15) is 19.3 Å². The minimum Gasteiger partial charge on any atom is -1.00 e. The summed E-state index contributed by atoms with van der Waals surface area (Å²) in [6, 6.07) is 11.3. The normalized spacial score (nSPS) is 10.4. The number of halogens is 3. The zero-order valence-corrected chi connectivity index (χ0v) is 54.8. The first-order chi connectivity index (χ1) is 31.4. The summed E-state index contributed by atoms with van der Waals surface area (Å²) < 4.78 is 20.7. The summed E-state index contributed by atoms with van der Waals surface area (Å²) in [4.78, 5) is 10.3. The number of hydrogen-bond acceptors (Lipinski definition) is 6. The van der Waals surface area contributed by atoms with Gasteiger partial charge < -0.3 is 101 Å². The predicted octanol–water partition coefficient (Wildman–Crippen LogP) is 6.92. The fraction of sp³-hybridized carbons (Fsp3) is 0.724. The van der Waals surface area contributed by atoms with Crippen LogP contribution >= 0.6 is 0 Å². The maximum atomic E-state index is 10.3. The van der Waals surface area contributed by atoms with Crippen LogP contribution in [0.1, 0.15) is 230 Å². The number of aliphatic hydroxyl groups excluding tert-OH is 1. The molecule has 70 heavy (non-hydrogen) atoms. The van der Waals surface area contributed by atoms with Crippen molar-refractivity contribution in [1.29, 1.82) is 0 Å². The average Bonchev–Trinajstić information content (AvgIpc) is 3.31. The van der Waals surface area contributed by atoms with E-state index in [0.29, 0.717) is 24.3 Å². The number of rotatable bonds is 41. The molecule has 0 amide bonds. The molecule has 0 spiro atoms. The van der Waals surface area contributed by atoms with Gasteiger partial charge in [0.1, 0.15) is 6.29 Å². The van der Waals surface area contributed by atoms with Crippen LogP contribution in [0.2, 0.25) is 0 Å². The molecule has 0 aliphatic rings. The van der Waals surface area contributed by atoms with E-state index >= 15 is 0 Å². The molecule has 6 nitrogen and oxygen atoms in total. The molecule has 1 unspecified atom stereocenters. The third-order valence-corrected chi connectivity index (χ3v) is 12.4. The first-order valence-electron chi connectivity index (χ1n) is 26.3. The smallest absolute Gasteiger partial charge is 1.00 e. The van der Waals surface area contributed by atoms with Gasteiger partial charge in [-0.25, -0.2) is 0 Å². The van der Waals surface area contributed by atoms with Gasteiger partial charge in [0, 0.05) is 6.42 Å². The molecule has 0 saturated heterocycles. The molecule has 0 heterocycles. The third kappa shape index (κ3) is 51.1. The van der Waals surface area contributed by atoms with Crippen LogP contribution in [-0.2, 0) is 17.6 Å². The minimum atomic E-state index is -0.270. The Balaban J connectivity index is -0.000000171. The molecule has 0 radical (unpaired) electrons. The second kappa shape index (κ2) is 66.1. The summed E-state index contributed by atoms with van der Waals surface area (Å²) in [5.74, 6) is 3.80. The summed E-state index contributed by atoms with van der Waals surface area (Å²) in [6.45, 7) is 14.1. The van der Waals surface area contributed by atoms with Gasteiger partial charge in [0.25, 0.3) is 0 Å². The van der Waals surface area contributed by atoms with Gasteiger partial charge in [-0.3, -0.25) is 0 Å². The van der Waals surface area contributed by atoms with Gasteiger partial charge in [0.2, 0.25) is 0 Å². The molecule has 2 aromatic rings. The van der Waals surface area contributed by atoms with Crippen LogP contribution in [0, 0.1) is 26.7 Å². The van der Waals surface area contributed by atoms with Crippen molar-refractivity contribution in [3.05, 3.63) is 68.3 Å². The fourth-order valence-corrected chi connectivity index (χ4v) is 8.38. The van der Waals surface area contributed by atoms with E-state index in [1.165, 1.54) is 180 Å². The standard InChI is InChI=1S/C28H55.C20H34O3.C10H12O3.3BrH.3Mg/c1-4-7-10-13-16-19-22-25-28(26-23-20-17-14-11-8-5-2)27-24-21-18-15-12-9-6-3;1-4-5-6-7-8-9-10-11-12-18(21)15-17-13-14-19(22-2)20(16-17)23-3;1-12-9-4-3-8(5-6-11)7-10(9)13-2;;;;;;/h28H,1-27H2;13-14,16,18,21H,4-12,15H2,1-3H3;3-4,6-7H,5H2,1-2H3;3*1H;;;/q-3;;;;;;3*+2/p-3. The average molecular weight is 1210 g/mol. The van der Waals surface area contributed by atoms with Gasteiger partial charge in [-0.1, -0.05) is 205 Å². The number of unbranched alkanes of at least 4 members (excludes halogenated alkanes) is 25. The predicted molar refractivity (Wildman–Crippen MR) is 293 cm³/mol. The van der Waals surface area contributed by atoms with Crippen LogP contribution in [0.15, 0.2) is 36.4 Å². The van der Waals surface area contributed by atoms with Gasteiger partial charge in [0.15, 0.2) is 23.0 Å². The van der Waals surface area contributed by atoms with Crippen LogP contribution in [-0.4, -0.2) is 115 Å². The summed E-state index contributed by atoms with van der Waals surface area (Å²) in [7, 11) is 6.42. The van der Waals surface area contributed by atoms with Crippen molar-refractivity contribution in [2.45, 2.75) is 238 Å². The second-order valence-electron chi connectivity index (χ2n) is 18.0. The molecule has 0 saturated carbocycles. The van der Waals surface area contributed by atoms with Crippen molar-refractivity contribution in [2.75, 3.05) is 28.4 Å². The number of carbonyl (C=O) groups excluding carboxylic acids is 1. The largest absolute Gasteiger partial charge is 2.00 e. The van der Waals surface area contributed by atoms with Crippen molar-refractivity contribution >= 4 is 75.4 Å². The molecule has 0 aliphatic heterocycles. The van der Waals surface area contributed by atoms with Gasteiger partial charge >= 0.3 is 69.2 Å². The Labute approximate surface area is 513 Å². The van der Waals surface area contributed by atoms with E-state index in [9.17, 15) is 9.90 Å². The number of methoxy groups -OCH3 is 4. The second-order valence-corrected chi connectivity index (χ2v) is 18.0. The first-order valence-corrected chi connectivity index (χ1v) is 26.3. The number of hydrogen-bond donors (Lipinski definition) is 1. The van der Waals surface area contributed by atoms with Gasteiger partial charge in [-0.15, -0.1) is 0 Å². The molecule has 0 aliphatic carbocycles. The van der Waals surface area contributed by atoms with Crippen LogP contribution < -0.4 is 69.9 Å². The van der Waals surface area contributed by atoms with Gasteiger partial charge in [-0.05, 0) is 54.2 Å². The Hall–Kier alpha value is 1.01. The monoisotopic (exact) mass is 1200 g/mol. The SMILES string of the molecule is CCCCCCCCCCC(O)Cc1ccc(OC)c(OC)c1.COc1ccc(CC=O)cc1OC.[Br-].[Br-].[Br-].[CH2-]CCCCCCCCC(CCCCCCCC[CH2-])CCCCCCCC[CH2-].[Mg+2].[Mg+2].[Mg+2]. The fourth-order valence-electron chi connectivity index (χ4n) is 8.38. The molecule has 0 bridgehead atoms. The Morgan fingerprint density at radius 1 is 0.443 bits per heavy atom. The third-order valence-electron chi connectivity index (χ3n) is 12.4. The van der Waals surface area contributed by atoms with Crippen LogP contribution in [0.4, 0.5) is 0 Å². The van der Waals surface area contributed by atoms with Crippen molar-refractivity contribution in [1.82, 2.24) is 0 Å². The van der Waals surface area contributed by atoms with E-state index in [2.05, 4.69) is 27.7 Å². The molecule has 1 N–H and O–H groups in total. The van der Waals surface area contributed by atoms with E-state index in [4.69, 9.17) is 18.9 Å². The number of aldehydes is 1. The topological polar surface area (TPSA) is 74.2 Å². The summed E-state index contributed by atoms with van der Waals surface area (Å²) in [5.41, 5.74) is 2.02. The maximum Gasteiger partial charge on any atom is 2.00 e. The van der Waals surface area contributed by atoms with Crippen LogP contribution in [0.25, 0.3) is 0 Å². The number of ether oxygens (including phenoxy) is 4. The summed E-state index contributed by atoms with van der Waals surface area (Å²) >= 11 is 0. The van der Waals surface area contributed by atoms with Crippen LogP contribution in [0.5, 0.6) is 23.0 Å². The molecule has 396 valence electrons. The van der Waals surface area contributed by atoms with Crippen molar-refractivity contribution in [3.63, 3.8) is 0 Å². The van der Waals surface area contributed by atoms with Crippen molar-refractivity contribution in [2.24, 2.45) is 5.92 Å². The summed E-state index contributed by atoms with van der Waals surface area (Å²) in [6.07, 6.45) is 46.4. The Bertz CT molecular complexity index is 1270.